The molecular weight excluding hydrogens is 269 g/mol. The van der Waals surface area contributed by atoms with E-state index in [-0.39, 0.29) is 23.1 Å². The number of fused-ring (bicyclic) bond motifs is 1. The van der Waals surface area contributed by atoms with Crippen molar-refractivity contribution in [2.75, 3.05) is 6.61 Å². The van der Waals surface area contributed by atoms with Gasteiger partial charge in [0.1, 0.15) is 11.6 Å². The highest BCUT2D eigenvalue weighted by Crippen LogP contribution is 2.51. The molecule has 4 rings (SSSR count). The van der Waals surface area contributed by atoms with E-state index in [0.29, 0.717) is 5.75 Å². The molecule has 0 aliphatic heterocycles. The summed E-state index contributed by atoms with van der Waals surface area (Å²) in [5.74, 6) is 0.422. The van der Waals surface area contributed by atoms with Crippen molar-refractivity contribution in [2.45, 2.75) is 31.2 Å². The van der Waals surface area contributed by atoms with Crippen molar-refractivity contribution >= 4 is 17.5 Å². The van der Waals surface area contributed by atoms with Crippen LogP contribution in [0.1, 0.15) is 25.7 Å². The average molecular weight is 284 g/mol. The molecule has 0 saturated heterocycles. The minimum atomic E-state index is -0.546. The third-order valence-corrected chi connectivity index (χ3v) is 4.36. The highest BCUT2D eigenvalue weighted by atomic mass is 35.5. The number of carbonyl (C=O) groups excluding carboxylic acids is 1. The Morgan fingerprint density at radius 3 is 2.95 bits per heavy atom. The van der Waals surface area contributed by atoms with Crippen LogP contribution in [0.4, 0.5) is 4.39 Å². The first-order valence-corrected chi connectivity index (χ1v) is 6.83. The molecule has 0 unspecified atom stereocenters. The molecule has 1 aromatic carbocycles. The summed E-state index contributed by atoms with van der Waals surface area (Å²) in [5.41, 5.74) is 0.0242. The molecule has 5 heteroatoms. The Morgan fingerprint density at radius 2 is 2.32 bits per heavy atom. The van der Waals surface area contributed by atoms with Gasteiger partial charge in [-0.1, -0.05) is 11.6 Å². The van der Waals surface area contributed by atoms with E-state index in [1.807, 2.05) is 0 Å². The number of ether oxygens (including phenoxy) is 1. The van der Waals surface area contributed by atoms with Gasteiger partial charge >= 0.3 is 0 Å². The summed E-state index contributed by atoms with van der Waals surface area (Å²) in [6.45, 7) is -0.0898. The fraction of sp³-hybridized carbons (Fsp3) is 0.500. The Kier molecular flexibility index (Phi) is 3.13. The van der Waals surface area contributed by atoms with Gasteiger partial charge in [-0.25, -0.2) is 4.39 Å². The van der Waals surface area contributed by atoms with Crippen LogP contribution in [-0.2, 0) is 4.79 Å². The molecule has 0 aromatic heterocycles. The molecule has 3 aliphatic carbocycles. The van der Waals surface area contributed by atoms with Gasteiger partial charge < -0.3 is 10.1 Å². The van der Waals surface area contributed by atoms with Crippen molar-refractivity contribution < 1.29 is 13.9 Å². The van der Waals surface area contributed by atoms with Crippen LogP contribution in [-0.4, -0.2) is 18.1 Å². The van der Waals surface area contributed by atoms with Crippen LogP contribution < -0.4 is 10.1 Å². The van der Waals surface area contributed by atoms with Crippen LogP contribution in [0.15, 0.2) is 18.2 Å². The maximum Gasteiger partial charge on any atom is 0.258 e. The lowest BCUT2D eigenvalue weighted by molar-refractivity contribution is -0.125. The van der Waals surface area contributed by atoms with Gasteiger partial charge in [0.25, 0.3) is 5.91 Å². The normalized spacial score (nSPS) is 27.8. The number of halogens is 2. The maximum atomic E-state index is 13.2. The Bertz CT molecular complexity index is 509. The molecule has 3 nitrogen and oxygen atoms in total. The Labute approximate surface area is 116 Å². The van der Waals surface area contributed by atoms with Crippen molar-refractivity contribution in [3.8, 4) is 5.75 Å². The average Bonchev–Trinajstić information content (AvgIpc) is 2.90. The number of amides is 1. The van der Waals surface area contributed by atoms with E-state index in [1.165, 1.54) is 18.6 Å². The van der Waals surface area contributed by atoms with Gasteiger partial charge in [0.2, 0.25) is 0 Å². The van der Waals surface area contributed by atoms with Crippen molar-refractivity contribution in [3.63, 3.8) is 0 Å². The largest absolute Gasteiger partial charge is 0.484 e. The van der Waals surface area contributed by atoms with Gasteiger partial charge in [0.05, 0.1) is 5.02 Å². The second-order valence-corrected chi connectivity index (χ2v) is 5.91. The first kappa shape index (κ1) is 12.7. The summed E-state index contributed by atoms with van der Waals surface area (Å²) in [5, 5.41) is 3.08. The van der Waals surface area contributed by atoms with Gasteiger partial charge in [0.15, 0.2) is 6.61 Å². The summed E-state index contributed by atoms with van der Waals surface area (Å²) in [6.07, 6.45) is 4.46. The first-order chi connectivity index (χ1) is 9.06. The molecule has 1 N–H and O–H groups in total. The van der Waals surface area contributed by atoms with Crippen LogP contribution in [0, 0.1) is 11.7 Å². The number of rotatable bonds is 4. The number of carbonyl (C=O) groups is 1. The Hall–Kier alpha value is -1.29. The van der Waals surface area contributed by atoms with E-state index in [4.69, 9.17) is 16.3 Å². The van der Waals surface area contributed by atoms with E-state index in [2.05, 4.69) is 5.32 Å². The number of benzene rings is 1. The Morgan fingerprint density at radius 1 is 1.53 bits per heavy atom. The molecule has 102 valence electrons. The van der Waals surface area contributed by atoms with Crippen molar-refractivity contribution in [1.29, 1.82) is 0 Å². The van der Waals surface area contributed by atoms with Gasteiger partial charge in [-0.15, -0.1) is 0 Å². The maximum absolute atomic E-state index is 13.2. The first-order valence-electron chi connectivity index (χ1n) is 6.45. The van der Waals surface area contributed by atoms with Crippen LogP contribution in [0.25, 0.3) is 0 Å². The fourth-order valence-corrected chi connectivity index (χ4v) is 3.26. The molecule has 3 fully saturated rings. The van der Waals surface area contributed by atoms with Gasteiger partial charge in [0, 0.05) is 11.6 Å². The molecule has 1 amide bonds. The lowest BCUT2D eigenvalue weighted by Crippen LogP contribution is -2.53. The molecule has 0 heterocycles. The van der Waals surface area contributed by atoms with E-state index >= 15 is 0 Å². The van der Waals surface area contributed by atoms with Crippen molar-refractivity contribution in [2.24, 2.45) is 5.92 Å². The minimum absolute atomic E-state index is 0.0242. The third kappa shape index (κ3) is 2.54. The standard InChI is InChI=1S/C14H15ClFNO2/c15-11-2-1-10(5-12(11)16)19-8-13(18)17-14-4-3-9(6-14)7-14/h1-2,5,9H,3-4,6-8H2,(H,17,18). The molecule has 0 spiro atoms. The monoisotopic (exact) mass is 283 g/mol. The predicted molar refractivity (Wildman–Crippen MR) is 69.7 cm³/mol. The lowest BCUT2D eigenvalue weighted by Gasteiger charge is -2.39. The molecule has 3 aliphatic rings. The lowest BCUT2D eigenvalue weighted by atomic mass is 9.77. The summed E-state index contributed by atoms with van der Waals surface area (Å²) in [7, 11) is 0. The van der Waals surface area contributed by atoms with Crippen molar-refractivity contribution in [3.05, 3.63) is 29.0 Å². The van der Waals surface area contributed by atoms with Crippen LogP contribution >= 0.6 is 11.6 Å². The van der Waals surface area contributed by atoms with E-state index in [1.54, 1.807) is 6.07 Å². The third-order valence-electron chi connectivity index (χ3n) is 4.06. The van der Waals surface area contributed by atoms with Crippen LogP contribution in [0.5, 0.6) is 5.75 Å². The van der Waals surface area contributed by atoms with Crippen molar-refractivity contribution in [1.82, 2.24) is 5.32 Å². The van der Waals surface area contributed by atoms with Gasteiger partial charge in [-0.2, -0.15) is 0 Å². The van der Waals surface area contributed by atoms with Crippen LogP contribution in [0.2, 0.25) is 5.02 Å². The smallest absolute Gasteiger partial charge is 0.258 e. The quantitative estimate of drug-likeness (QED) is 0.923. The number of hydrogen-bond acceptors (Lipinski definition) is 2. The summed E-state index contributed by atoms with van der Waals surface area (Å²) < 4.78 is 18.5. The Balaban J connectivity index is 1.51. The second kappa shape index (κ2) is 4.67. The number of nitrogens with one attached hydrogen (secondary N) is 1. The molecule has 0 radical (unpaired) electrons. The summed E-state index contributed by atoms with van der Waals surface area (Å²) in [6, 6.07) is 4.14. The SMILES string of the molecule is O=C(COc1ccc(Cl)c(F)c1)NC12CCC(C1)C2. The topological polar surface area (TPSA) is 38.3 Å². The van der Waals surface area contributed by atoms with E-state index < -0.39 is 5.82 Å². The van der Waals surface area contributed by atoms with Gasteiger partial charge in [-0.3, -0.25) is 4.79 Å². The molecule has 3 saturated carbocycles. The molecule has 1 aromatic rings. The predicted octanol–water partition coefficient (Wildman–Crippen LogP) is 2.92. The fourth-order valence-electron chi connectivity index (χ4n) is 3.15. The highest BCUT2D eigenvalue weighted by molar-refractivity contribution is 6.30. The summed E-state index contributed by atoms with van der Waals surface area (Å²) in [4.78, 5) is 11.8. The summed E-state index contributed by atoms with van der Waals surface area (Å²) >= 11 is 5.57. The number of hydrogen-bond donors (Lipinski definition) is 1. The highest BCUT2D eigenvalue weighted by Gasteiger charge is 2.50. The van der Waals surface area contributed by atoms with Gasteiger partial charge in [-0.05, 0) is 43.7 Å². The van der Waals surface area contributed by atoms with E-state index in [0.717, 1.165) is 25.2 Å². The molecular formula is C14H15ClFNO2. The second-order valence-electron chi connectivity index (χ2n) is 5.51. The van der Waals surface area contributed by atoms with Crippen LogP contribution in [0.3, 0.4) is 0 Å². The molecule has 0 atom stereocenters. The zero-order chi connectivity index (χ0) is 13.5. The molecule has 2 bridgehead atoms. The minimum Gasteiger partial charge on any atom is -0.484 e. The molecule has 19 heavy (non-hydrogen) atoms. The zero-order valence-corrected chi connectivity index (χ0v) is 11.2. The van der Waals surface area contributed by atoms with E-state index in [9.17, 15) is 9.18 Å². The zero-order valence-electron chi connectivity index (χ0n) is 10.4.